The van der Waals surface area contributed by atoms with Crippen LogP contribution in [0.3, 0.4) is 0 Å². The van der Waals surface area contributed by atoms with Gasteiger partial charge in [0.2, 0.25) is 5.91 Å². The maximum Gasteiger partial charge on any atom is 0.221 e. The SMILES string of the molecule is O=C(CCNC1CC1)NC1CCOC1C1CC1. The average Bonchev–Trinajstić information content (AvgIpc) is 3.21. The summed E-state index contributed by atoms with van der Waals surface area (Å²) in [5.74, 6) is 0.895. The zero-order valence-corrected chi connectivity index (χ0v) is 10.3. The molecule has 4 nitrogen and oxygen atoms in total. The fourth-order valence-corrected chi connectivity index (χ4v) is 2.61. The van der Waals surface area contributed by atoms with E-state index in [-0.39, 0.29) is 11.9 Å². The summed E-state index contributed by atoms with van der Waals surface area (Å²) in [6, 6.07) is 0.966. The van der Waals surface area contributed by atoms with E-state index in [1.165, 1.54) is 25.7 Å². The number of rotatable bonds is 6. The molecule has 3 fully saturated rings. The first-order valence-electron chi connectivity index (χ1n) is 6.97. The van der Waals surface area contributed by atoms with Gasteiger partial charge in [-0.2, -0.15) is 0 Å². The third kappa shape index (κ3) is 3.19. The summed E-state index contributed by atoms with van der Waals surface area (Å²) < 4.78 is 5.71. The van der Waals surface area contributed by atoms with E-state index in [9.17, 15) is 4.79 Å². The molecule has 0 aromatic carbocycles. The van der Waals surface area contributed by atoms with Gasteiger partial charge in [-0.05, 0) is 38.0 Å². The van der Waals surface area contributed by atoms with Crippen LogP contribution in [0.1, 0.15) is 38.5 Å². The first-order valence-corrected chi connectivity index (χ1v) is 6.97. The van der Waals surface area contributed by atoms with E-state index >= 15 is 0 Å². The van der Waals surface area contributed by atoms with Crippen LogP contribution in [-0.2, 0) is 9.53 Å². The molecule has 1 aliphatic heterocycles. The van der Waals surface area contributed by atoms with Crippen molar-refractivity contribution in [2.75, 3.05) is 13.2 Å². The molecule has 2 atom stereocenters. The van der Waals surface area contributed by atoms with Crippen LogP contribution in [0.5, 0.6) is 0 Å². The summed E-state index contributed by atoms with van der Waals surface area (Å²) in [5.41, 5.74) is 0. The molecule has 4 heteroatoms. The molecule has 0 aromatic rings. The zero-order chi connectivity index (χ0) is 11.7. The number of hydrogen-bond acceptors (Lipinski definition) is 3. The van der Waals surface area contributed by atoms with E-state index in [2.05, 4.69) is 10.6 Å². The van der Waals surface area contributed by atoms with E-state index in [0.717, 1.165) is 19.6 Å². The lowest BCUT2D eigenvalue weighted by atomic mass is 10.1. The van der Waals surface area contributed by atoms with Crippen LogP contribution in [0.2, 0.25) is 0 Å². The van der Waals surface area contributed by atoms with Gasteiger partial charge in [-0.3, -0.25) is 4.79 Å². The lowest BCUT2D eigenvalue weighted by Crippen LogP contribution is -2.42. The molecule has 0 radical (unpaired) electrons. The van der Waals surface area contributed by atoms with E-state index < -0.39 is 0 Å². The number of hydrogen-bond donors (Lipinski definition) is 2. The molecule has 2 unspecified atom stereocenters. The average molecular weight is 238 g/mol. The van der Waals surface area contributed by atoms with Crippen LogP contribution in [0.15, 0.2) is 0 Å². The number of carbonyl (C=O) groups is 1. The Labute approximate surface area is 102 Å². The van der Waals surface area contributed by atoms with Gasteiger partial charge in [-0.1, -0.05) is 0 Å². The highest BCUT2D eigenvalue weighted by Gasteiger charge is 2.41. The molecule has 17 heavy (non-hydrogen) atoms. The Bertz CT molecular complexity index is 287. The summed E-state index contributed by atoms with van der Waals surface area (Å²) in [4.78, 5) is 11.8. The van der Waals surface area contributed by atoms with Crippen molar-refractivity contribution >= 4 is 5.91 Å². The van der Waals surface area contributed by atoms with Crippen molar-refractivity contribution in [2.24, 2.45) is 5.92 Å². The largest absolute Gasteiger partial charge is 0.376 e. The molecular formula is C13H22N2O2. The smallest absolute Gasteiger partial charge is 0.221 e. The van der Waals surface area contributed by atoms with Gasteiger partial charge in [0.25, 0.3) is 0 Å². The fourth-order valence-electron chi connectivity index (χ4n) is 2.61. The molecule has 2 saturated carbocycles. The normalized spacial score (nSPS) is 32.7. The molecule has 1 saturated heterocycles. The molecule has 2 N–H and O–H groups in total. The van der Waals surface area contributed by atoms with E-state index in [1.807, 2.05) is 0 Å². The van der Waals surface area contributed by atoms with Crippen molar-refractivity contribution in [1.82, 2.24) is 10.6 Å². The van der Waals surface area contributed by atoms with Crippen molar-refractivity contribution in [2.45, 2.75) is 56.7 Å². The number of carbonyl (C=O) groups excluding carboxylic acids is 1. The summed E-state index contributed by atoms with van der Waals surface area (Å²) in [6.45, 7) is 1.63. The third-order valence-corrected chi connectivity index (χ3v) is 3.93. The summed E-state index contributed by atoms with van der Waals surface area (Å²) in [5, 5.41) is 6.51. The predicted octanol–water partition coefficient (Wildman–Crippen LogP) is 0.812. The minimum absolute atomic E-state index is 0.180. The van der Waals surface area contributed by atoms with Crippen molar-refractivity contribution in [3.05, 3.63) is 0 Å². The zero-order valence-electron chi connectivity index (χ0n) is 10.3. The van der Waals surface area contributed by atoms with Gasteiger partial charge >= 0.3 is 0 Å². The molecule has 1 heterocycles. The monoisotopic (exact) mass is 238 g/mol. The maximum atomic E-state index is 11.8. The highest BCUT2D eigenvalue weighted by atomic mass is 16.5. The molecule has 0 spiro atoms. The molecule has 96 valence electrons. The van der Waals surface area contributed by atoms with Crippen LogP contribution in [0.4, 0.5) is 0 Å². The minimum atomic E-state index is 0.180. The van der Waals surface area contributed by atoms with Gasteiger partial charge in [0.1, 0.15) is 0 Å². The second-order valence-electron chi connectivity index (χ2n) is 5.61. The summed E-state index contributed by atoms with van der Waals surface area (Å²) >= 11 is 0. The molecule has 2 aliphatic carbocycles. The molecule has 1 amide bonds. The second kappa shape index (κ2) is 4.94. The van der Waals surface area contributed by atoms with E-state index in [1.54, 1.807) is 0 Å². The van der Waals surface area contributed by atoms with Gasteiger partial charge < -0.3 is 15.4 Å². The first kappa shape index (κ1) is 11.5. The Morgan fingerprint density at radius 1 is 1.18 bits per heavy atom. The van der Waals surface area contributed by atoms with Crippen LogP contribution >= 0.6 is 0 Å². The van der Waals surface area contributed by atoms with Gasteiger partial charge in [-0.15, -0.1) is 0 Å². The van der Waals surface area contributed by atoms with Gasteiger partial charge in [0.05, 0.1) is 12.1 Å². The van der Waals surface area contributed by atoms with Gasteiger partial charge in [0.15, 0.2) is 0 Å². The molecule has 0 bridgehead atoms. The van der Waals surface area contributed by atoms with Crippen LogP contribution in [0.25, 0.3) is 0 Å². The van der Waals surface area contributed by atoms with Crippen molar-refractivity contribution in [3.8, 4) is 0 Å². The Kier molecular flexibility index (Phi) is 3.34. The van der Waals surface area contributed by atoms with E-state index in [0.29, 0.717) is 24.5 Å². The quantitative estimate of drug-likeness (QED) is 0.720. The van der Waals surface area contributed by atoms with Crippen molar-refractivity contribution < 1.29 is 9.53 Å². The first-order chi connectivity index (χ1) is 8.33. The fraction of sp³-hybridized carbons (Fsp3) is 0.923. The minimum Gasteiger partial charge on any atom is -0.376 e. The predicted molar refractivity (Wildman–Crippen MR) is 64.7 cm³/mol. The van der Waals surface area contributed by atoms with Crippen molar-refractivity contribution in [1.29, 1.82) is 0 Å². The highest BCUT2D eigenvalue weighted by Crippen LogP contribution is 2.38. The van der Waals surface area contributed by atoms with Crippen LogP contribution in [0, 0.1) is 5.92 Å². The molecular weight excluding hydrogens is 216 g/mol. The molecule has 3 aliphatic rings. The standard InChI is InChI=1S/C13H22N2O2/c16-12(5-7-14-10-3-4-10)15-11-6-8-17-13(11)9-1-2-9/h9-11,13-14H,1-8H2,(H,15,16). The van der Waals surface area contributed by atoms with Gasteiger partial charge in [-0.25, -0.2) is 0 Å². The molecule has 3 rings (SSSR count). The summed E-state index contributed by atoms with van der Waals surface area (Å²) in [7, 11) is 0. The van der Waals surface area contributed by atoms with E-state index in [4.69, 9.17) is 4.74 Å². The van der Waals surface area contributed by atoms with Gasteiger partial charge in [0, 0.05) is 25.6 Å². The Balaban J connectivity index is 1.37. The number of nitrogens with one attached hydrogen (secondary N) is 2. The van der Waals surface area contributed by atoms with Crippen LogP contribution in [-0.4, -0.2) is 37.2 Å². The number of ether oxygens (including phenoxy) is 1. The Morgan fingerprint density at radius 3 is 2.71 bits per heavy atom. The molecule has 0 aromatic heterocycles. The lowest BCUT2D eigenvalue weighted by Gasteiger charge is -2.19. The third-order valence-electron chi connectivity index (χ3n) is 3.93. The number of amides is 1. The Morgan fingerprint density at radius 2 is 2.00 bits per heavy atom. The highest BCUT2D eigenvalue weighted by molar-refractivity contribution is 5.76. The van der Waals surface area contributed by atoms with Crippen LogP contribution < -0.4 is 10.6 Å². The summed E-state index contributed by atoms with van der Waals surface area (Å²) in [6.07, 6.45) is 7.01. The lowest BCUT2D eigenvalue weighted by molar-refractivity contribution is -0.122. The van der Waals surface area contributed by atoms with Crippen molar-refractivity contribution in [3.63, 3.8) is 0 Å². The second-order valence-corrected chi connectivity index (χ2v) is 5.61. The topological polar surface area (TPSA) is 50.4 Å². The maximum absolute atomic E-state index is 11.8. The Hall–Kier alpha value is -0.610.